The second-order valence-corrected chi connectivity index (χ2v) is 12.1. The predicted molar refractivity (Wildman–Crippen MR) is 100 cm³/mol. The Morgan fingerprint density at radius 3 is 1.48 bits per heavy atom. The molecule has 2 unspecified atom stereocenters. The maximum atomic E-state index is 2.46. The van der Waals surface area contributed by atoms with Crippen molar-refractivity contribution in [2.24, 2.45) is 0 Å². The molecule has 0 spiro atoms. The summed E-state index contributed by atoms with van der Waals surface area (Å²) in [6.07, 6.45) is 9.57. The van der Waals surface area contributed by atoms with Crippen LogP contribution in [0.25, 0.3) is 12.2 Å². The molecule has 2 aromatic rings. The molecule has 2 aliphatic rings. The monoisotopic (exact) mass is 420 g/mol. The van der Waals surface area contributed by atoms with Gasteiger partial charge in [-0.2, -0.15) is 0 Å². The number of allylic oxidation sites excluding steroid dienone is 2. The van der Waals surface area contributed by atoms with Crippen LogP contribution in [0.5, 0.6) is 0 Å². The molecular formula is C20H20Cl2Zr. The van der Waals surface area contributed by atoms with Gasteiger partial charge in [-0.15, -0.1) is 24.8 Å². The van der Waals surface area contributed by atoms with Crippen LogP contribution in [-0.4, -0.2) is 0 Å². The van der Waals surface area contributed by atoms with Gasteiger partial charge in [0.05, 0.1) is 0 Å². The van der Waals surface area contributed by atoms with Gasteiger partial charge in [0.1, 0.15) is 0 Å². The Bertz CT molecular complexity index is 715. The summed E-state index contributed by atoms with van der Waals surface area (Å²) in [4.78, 5) is 0. The van der Waals surface area contributed by atoms with Crippen molar-refractivity contribution in [3.05, 3.63) is 82.9 Å². The summed E-state index contributed by atoms with van der Waals surface area (Å²) in [6, 6.07) is 17.8. The van der Waals surface area contributed by atoms with Crippen molar-refractivity contribution in [3.63, 3.8) is 0 Å². The first-order valence-electron chi connectivity index (χ1n) is 7.48. The third-order valence-electron chi connectivity index (χ3n) is 4.75. The van der Waals surface area contributed by atoms with Gasteiger partial charge in [-0.3, -0.25) is 0 Å². The van der Waals surface area contributed by atoms with Crippen LogP contribution >= 0.6 is 24.8 Å². The quantitative estimate of drug-likeness (QED) is 0.574. The Hall–Kier alpha value is -0.617. The summed E-state index contributed by atoms with van der Waals surface area (Å²) in [5.41, 5.74) is 5.91. The summed E-state index contributed by atoms with van der Waals surface area (Å²) < 4.78 is 0.576. The van der Waals surface area contributed by atoms with Crippen molar-refractivity contribution < 1.29 is 23.2 Å². The molecule has 0 bridgehead atoms. The molecule has 2 atom stereocenters. The molecule has 0 amide bonds. The molecule has 0 N–H and O–H groups in total. The Kier molecular flexibility index (Phi) is 5.46. The van der Waals surface area contributed by atoms with Gasteiger partial charge in [0.2, 0.25) is 0 Å². The van der Waals surface area contributed by atoms with Crippen LogP contribution in [0.3, 0.4) is 0 Å². The van der Waals surface area contributed by atoms with Crippen LogP contribution in [-0.2, 0) is 29.5 Å². The molecule has 0 saturated heterocycles. The van der Waals surface area contributed by atoms with E-state index in [0.717, 1.165) is 0 Å². The number of hydrogen-bond donors (Lipinski definition) is 0. The van der Waals surface area contributed by atoms with Gasteiger partial charge in [0.15, 0.2) is 0 Å². The Morgan fingerprint density at radius 2 is 1.04 bits per heavy atom. The van der Waals surface area contributed by atoms with Crippen molar-refractivity contribution in [2.75, 3.05) is 0 Å². The van der Waals surface area contributed by atoms with Crippen LogP contribution in [0, 0.1) is 0 Å². The standard InChI is InChI=1S/2C10H9.2ClH.Zr/c2*1-8-6-7-9-4-2-3-5-10(8)9;;;/h2*2-7H,1H3;2*1H;. The summed E-state index contributed by atoms with van der Waals surface area (Å²) in [5.74, 6) is 0. The second-order valence-electron chi connectivity index (χ2n) is 6.37. The Balaban J connectivity index is 0.000000960. The molecule has 0 heterocycles. The number of halogens is 2. The van der Waals surface area contributed by atoms with E-state index >= 15 is 0 Å². The summed E-state index contributed by atoms with van der Waals surface area (Å²) in [5, 5.41) is 0. The van der Waals surface area contributed by atoms with Crippen LogP contribution in [0.15, 0.2) is 60.7 Å². The van der Waals surface area contributed by atoms with E-state index in [1.165, 1.54) is 22.3 Å². The van der Waals surface area contributed by atoms with Crippen molar-refractivity contribution >= 4 is 37.0 Å². The first-order chi connectivity index (χ1) is 10.1. The maximum absolute atomic E-state index is 2.46. The van der Waals surface area contributed by atoms with Crippen molar-refractivity contribution in [1.29, 1.82) is 0 Å². The second kappa shape index (κ2) is 6.71. The van der Waals surface area contributed by atoms with E-state index in [-0.39, 0.29) is 31.1 Å². The summed E-state index contributed by atoms with van der Waals surface area (Å²) in [7, 11) is 0. The normalized spacial score (nSPS) is 26.0. The van der Waals surface area contributed by atoms with Crippen LogP contribution in [0.1, 0.15) is 36.1 Å². The van der Waals surface area contributed by atoms with Crippen molar-refractivity contribution in [3.8, 4) is 0 Å². The van der Waals surface area contributed by atoms with Crippen molar-refractivity contribution in [1.82, 2.24) is 0 Å². The number of rotatable bonds is 2. The van der Waals surface area contributed by atoms with E-state index in [2.05, 4.69) is 86.7 Å². The average Bonchev–Trinajstić information content (AvgIpc) is 3.00. The minimum atomic E-state index is -0.763. The van der Waals surface area contributed by atoms with Gasteiger partial charge in [0.25, 0.3) is 0 Å². The molecule has 0 aromatic heterocycles. The van der Waals surface area contributed by atoms with Gasteiger partial charge in [-0.1, -0.05) is 0 Å². The topological polar surface area (TPSA) is 0 Å². The molecule has 23 heavy (non-hydrogen) atoms. The van der Waals surface area contributed by atoms with Crippen LogP contribution in [0.4, 0.5) is 0 Å². The molecular weight excluding hydrogens is 402 g/mol. The van der Waals surface area contributed by atoms with E-state index in [1.54, 1.807) is 0 Å². The van der Waals surface area contributed by atoms with Crippen LogP contribution in [0.2, 0.25) is 0 Å². The zero-order valence-corrected chi connectivity index (χ0v) is 17.3. The minimum Gasteiger partial charge on any atom is -0.147 e. The minimum absolute atomic E-state index is 0. The Morgan fingerprint density at radius 1 is 0.652 bits per heavy atom. The van der Waals surface area contributed by atoms with Gasteiger partial charge < -0.3 is 0 Å². The molecule has 118 valence electrons. The molecule has 0 saturated carbocycles. The van der Waals surface area contributed by atoms with E-state index < -0.39 is 23.2 Å². The van der Waals surface area contributed by atoms with E-state index in [0.29, 0.717) is 0 Å². The number of hydrogen-bond acceptors (Lipinski definition) is 0. The predicted octanol–water partition coefficient (Wildman–Crippen LogP) is 5.80. The third-order valence-corrected chi connectivity index (χ3v) is 9.45. The number of benzene rings is 2. The fourth-order valence-electron chi connectivity index (χ4n) is 3.68. The molecule has 2 aliphatic carbocycles. The zero-order valence-electron chi connectivity index (χ0n) is 13.2. The van der Waals surface area contributed by atoms with Crippen molar-refractivity contribution in [2.45, 2.75) is 20.1 Å². The smallest absolute Gasteiger partial charge is 0.147 e. The zero-order chi connectivity index (χ0) is 14.5. The molecule has 2 aromatic carbocycles. The fourth-order valence-corrected chi connectivity index (χ4v) is 8.93. The van der Waals surface area contributed by atoms with E-state index in [4.69, 9.17) is 0 Å². The SMILES string of the molecule is C[C]1([Zr][C]2(C)C=Cc3ccccc32)C=Cc2ccccc21.Cl.Cl. The van der Waals surface area contributed by atoms with Gasteiger partial charge in [-0.05, 0) is 0 Å². The molecule has 0 radical (unpaired) electrons. The van der Waals surface area contributed by atoms with Gasteiger partial charge in [0, 0.05) is 0 Å². The van der Waals surface area contributed by atoms with E-state index in [9.17, 15) is 0 Å². The largest absolute Gasteiger partial charge is 0.147 e. The molecule has 0 fully saturated rings. The number of fused-ring (bicyclic) bond motifs is 2. The first-order valence-corrected chi connectivity index (χ1v) is 9.93. The third kappa shape index (κ3) is 3.04. The summed E-state index contributed by atoms with van der Waals surface area (Å²) in [6.45, 7) is 4.89. The molecule has 4 rings (SSSR count). The molecule has 0 nitrogen and oxygen atoms in total. The Labute approximate surface area is 162 Å². The first kappa shape index (κ1) is 18.7. The van der Waals surface area contributed by atoms with Crippen LogP contribution < -0.4 is 0 Å². The van der Waals surface area contributed by atoms with E-state index in [1.807, 2.05) is 0 Å². The summed E-state index contributed by atoms with van der Waals surface area (Å²) >= 11 is -0.763. The van der Waals surface area contributed by atoms with Gasteiger partial charge >= 0.3 is 138 Å². The van der Waals surface area contributed by atoms with Gasteiger partial charge in [-0.25, -0.2) is 0 Å². The molecule has 3 heteroatoms. The molecule has 0 aliphatic heterocycles. The average molecular weight is 423 g/mol. The maximum Gasteiger partial charge on any atom is -0.147 e. The fraction of sp³-hybridized carbons (Fsp3) is 0.200.